The number of fused-ring (bicyclic) bond motifs is 1. The van der Waals surface area contributed by atoms with Crippen molar-refractivity contribution in [3.05, 3.63) is 90.1 Å². The van der Waals surface area contributed by atoms with Crippen LogP contribution in [0, 0.1) is 6.92 Å². The predicted octanol–water partition coefficient (Wildman–Crippen LogP) is 4.60. The largest absolute Gasteiger partial charge is 0.494 e. The number of hydrogen-bond donors (Lipinski definition) is 2. The van der Waals surface area contributed by atoms with E-state index in [0.717, 1.165) is 5.39 Å². The fourth-order valence-electron chi connectivity index (χ4n) is 3.35. The Morgan fingerprint density at radius 1 is 0.938 bits per heavy atom. The molecule has 0 aliphatic heterocycles. The van der Waals surface area contributed by atoms with E-state index in [4.69, 9.17) is 4.74 Å². The highest BCUT2D eigenvalue weighted by Crippen LogP contribution is 2.34. The van der Waals surface area contributed by atoms with Gasteiger partial charge in [-0.2, -0.15) is 0 Å². The van der Waals surface area contributed by atoms with Crippen LogP contribution in [0.15, 0.2) is 83.9 Å². The molecular weight excluding hydrogens is 426 g/mol. The number of aromatic nitrogens is 1. The Hall–Kier alpha value is -3.91. The molecule has 4 rings (SSSR count). The summed E-state index contributed by atoms with van der Waals surface area (Å²) in [6, 6.07) is 20.6. The summed E-state index contributed by atoms with van der Waals surface area (Å²) < 4.78 is 34.3. The summed E-state index contributed by atoms with van der Waals surface area (Å²) in [4.78, 5) is 16.8. The SMILES string of the molecule is COc1cc(NC(=O)c2ccccc2)c(C)cc1NS(=O)(=O)c1cccc2cccnc12. The zero-order valence-electron chi connectivity index (χ0n) is 17.5. The summed E-state index contributed by atoms with van der Waals surface area (Å²) in [6.07, 6.45) is 1.55. The highest BCUT2D eigenvalue weighted by atomic mass is 32.2. The Bertz CT molecular complexity index is 1400. The van der Waals surface area contributed by atoms with Gasteiger partial charge in [0.05, 0.1) is 18.3 Å². The topological polar surface area (TPSA) is 97.4 Å². The van der Waals surface area contributed by atoms with Crippen molar-refractivity contribution in [3.63, 3.8) is 0 Å². The molecule has 1 amide bonds. The second-order valence-corrected chi connectivity index (χ2v) is 8.78. The minimum absolute atomic E-state index is 0.0664. The average molecular weight is 448 g/mol. The zero-order chi connectivity index (χ0) is 22.7. The van der Waals surface area contributed by atoms with Crippen LogP contribution in [0.5, 0.6) is 5.75 Å². The average Bonchev–Trinajstić information content (AvgIpc) is 2.80. The Morgan fingerprint density at radius 2 is 1.69 bits per heavy atom. The van der Waals surface area contributed by atoms with Crippen molar-refractivity contribution < 1.29 is 17.9 Å². The molecule has 0 unspecified atom stereocenters. The van der Waals surface area contributed by atoms with Gasteiger partial charge in [0.25, 0.3) is 15.9 Å². The molecule has 0 fully saturated rings. The van der Waals surface area contributed by atoms with Gasteiger partial charge in [-0.15, -0.1) is 0 Å². The van der Waals surface area contributed by atoms with Crippen LogP contribution in [0.1, 0.15) is 15.9 Å². The van der Waals surface area contributed by atoms with Crippen LogP contribution >= 0.6 is 0 Å². The van der Waals surface area contributed by atoms with Crippen molar-refractivity contribution in [1.82, 2.24) is 4.98 Å². The smallest absolute Gasteiger partial charge is 0.264 e. The first-order chi connectivity index (χ1) is 15.4. The zero-order valence-corrected chi connectivity index (χ0v) is 18.3. The number of nitrogens with zero attached hydrogens (tertiary/aromatic N) is 1. The van der Waals surface area contributed by atoms with E-state index in [2.05, 4.69) is 15.0 Å². The molecule has 0 saturated carbocycles. The Labute approximate surface area is 186 Å². The van der Waals surface area contributed by atoms with Crippen molar-refractivity contribution in [3.8, 4) is 5.75 Å². The third-order valence-electron chi connectivity index (χ3n) is 4.96. The third kappa shape index (κ3) is 4.26. The molecule has 0 aliphatic carbocycles. The number of para-hydroxylation sites is 1. The standard InChI is InChI=1S/C24H21N3O4S/c1-16-14-20(21(31-2)15-19(16)26-24(28)18-8-4-3-5-9-18)27-32(29,30)22-12-6-10-17-11-7-13-25-23(17)22/h3-15,27H,1-2H3,(H,26,28). The maximum Gasteiger partial charge on any atom is 0.264 e. The molecule has 0 bridgehead atoms. The van der Waals surface area contributed by atoms with E-state index < -0.39 is 10.0 Å². The molecule has 0 saturated heterocycles. The summed E-state index contributed by atoms with van der Waals surface area (Å²) in [6.45, 7) is 1.78. The van der Waals surface area contributed by atoms with Crippen LogP contribution in [-0.2, 0) is 10.0 Å². The fourth-order valence-corrected chi connectivity index (χ4v) is 4.59. The molecule has 7 nitrogen and oxygen atoms in total. The normalized spacial score (nSPS) is 11.2. The number of pyridine rings is 1. The number of methoxy groups -OCH3 is 1. The Kier molecular flexibility index (Phi) is 5.79. The number of hydrogen-bond acceptors (Lipinski definition) is 5. The molecule has 0 spiro atoms. The first-order valence-electron chi connectivity index (χ1n) is 9.80. The Balaban J connectivity index is 1.67. The number of benzene rings is 3. The lowest BCUT2D eigenvalue weighted by atomic mass is 10.1. The lowest BCUT2D eigenvalue weighted by Gasteiger charge is -2.16. The number of sulfonamides is 1. The molecule has 4 aromatic rings. The van der Waals surface area contributed by atoms with Gasteiger partial charge in [0.2, 0.25) is 0 Å². The van der Waals surface area contributed by atoms with Crippen molar-refractivity contribution >= 4 is 38.2 Å². The van der Waals surface area contributed by atoms with Gasteiger partial charge >= 0.3 is 0 Å². The number of anilines is 2. The first-order valence-corrected chi connectivity index (χ1v) is 11.3. The molecule has 3 aromatic carbocycles. The Morgan fingerprint density at radius 3 is 2.44 bits per heavy atom. The number of ether oxygens (including phenoxy) is 1. The second kappa shape index (κ2) is 8.68. The monoisotopic (exact) mass is 447 g/mol. The minimum Gasteiger partial charge on any atom is -0.494 e. The van der Waals surface area contributed by atoms with Gasteiger partial charge in [-0.1, -0.05) is 36.4 Å². The van der Waals surface area contributed by atoms with Crippen molar-refractivity contribution in [2.24, 2.45) is 0 Å². The summed E-state index contributed by atoms with van der Waals surface area (Å²) in [7, 11) is -2.51. The molecule has 1 heterocycles. The minimum atomic E-state index is -3.95. The van der Waals surface area contributed by atoms with Crippen LogP contribution in [0.25, 0.3) is 10.9 Å². The van der Waals surface area contributed by atoms with E-state index in [0.29, 0.717) is 22.3 Å². The molecule has 8 heteroatoms. The van der Waals surface area contributed by atoms with Crippen molar-refractivity contribution in [2.45, 2.75) is 11.8 Å². The lowest BCUT2D eigenvalue weighted by Crippen LogP contribution is -2.16. The van der Waals surface area contributed by atoms with Gasteiger partial charge in [0, 0.05) is 28.9 Å². The van der Waals surface area contributed by atoms with Gasteiger partial charge in [-0.25, -0.2) is 8.42 Å². The van der Waals surface area contributed by atoms with E-state index in [-0.39, 0.29) is 22.2 Å². The third-order valence-corrected chi connectivity index (χ3v) is 6.36. The fraction of sp³-hybridized carbons (Fsp3) is 0.0833. The predicted molar refractivity (Wildman–Crippen MR) is 125 cm³/mol. The number of aryl methyl sites for hydroxylation is 1. The summed E-state index contributed by atoms with van der Waals surface area (Å²) in [5.74, 6) is 0.00152. The maximum atomic E-state index is 13.2. The molecular formula is C24H21N3O4S. The van der Waals surface area contributed by atoms with Gasteiger partial charge in [0.1, 0.15) is 10.6 Å². The molecule has 1 aromatic heterocycles. The number of carbonyl (C=O) groups is 1. The van der Waals surface area contributed by atoms with Crippen molar-refractivity contribution in [2.75, 3.05) is 17.1 Å². The van der Waals surface area contributed by atoms with Gasteiger partial charge in [-0.05, 0) is 42.8 Å². The van der Waals surface area contributed by atoms with E-state index in [1.807, 2.05) is 6.07 Å². The summed E-state index contributed by atoms with van der Waals surface area (Å²) >= 11 is 0. The van der Waals surface area contributed by atoms with E-state index in [1.165, 1.54) is 13.2 Å². The molecule has 162 valence electrons. The molecule has 0 atom stereocenters. The van der Waals surface area contributed by atoms with E-state index >= 15 is 0 Å². The number of carbonyl (C=O) groups excluding carboxylic acids is 1. The van der Waals surface area contributed by atoms with Gasteiger partial charge in [0.15, 0.2) is 0 Å². The highest BCUT2D eigenvalue weighted by molar-refractivity contribution is 7.93. The van der Waals surface area contributed by atoms with Crippen LogP contribution in [0.4, 0.5) is 11.4 Å². The molecule has 2 N–H and O–H groups in total. The van der Waals surface area contributed by atoms with Gasteiger partial charge in [-0.3, -0.25) is 14.5 Å². The maximum absolute atomic E-state index is 13.2. The summed E-state index contributed by atoms with van der Waals surface area (Å²) in [5.41, 5.74) is 2.34. The van der Waals surface area contributed by atoms with E-state index in [9.17, 15) is 13.2 Å². The van der Waals surface area contributed by atoms with E-state index in [1.54, 1.807) is 73.8 Å². The van der Waals surface area contributed by atoms with Crippen LogP contribution in [0.2, 0.25) is 0 Å². The van der Waals surface area contributed by atoms with Gasteiger partial charge < -0.3 is 10.1 Å². The number of nitrogens with one attached hydrogen (secondary N) is 2. The molecule has 0 radical (unpaired) electrons. The summed E-state index contributed by atoms with van der Waals surface area (Å²) in [5, 5.41) is 3.56. The number of rotatable bonds is 6. The highest BCUT2D eigenvalue weighted by Gasteiger charge is 2.21. The van der Waals surface area contributed by atoms with Crippen molar-refractivity contribution in [1.29, 1.82) is 0 Å². The molecule has 0 aliphatic rings. The van der Waals surface area contributed by atoms with Crippen LogP contribution in [-0.4, -0.2) is 26.4 Å². The second-order valence-electron chi connectivity index (χ2n) is 7.12. The van der Waals surface area contributed by atoms with Crippen LogP contribution in [0.3, 0.4) is 0 Å². The van der Waals surface area contributed by atoms with Crippen LogP contribution < -0.4 is 14.8 Å². The molecule has 32 heavy (non-hydrogen) atoms. The lowest BCUT2D eigenvalue weighted by molar-refractivity contribution is 0.102. The number of amides is 1. The quantitative estimate of drug-likeness (QED) is 0.450. The first kappa shape index (κ1) is 21.3.